The Morgan fingerprint density at radius 2 is 0.949 bits per heavy atom. The normalized spacial score (nSPS) is 14.7. The molecule has 0 bridgehead atoms. The quantitative estimate of drug-likeness (QED) is 0.0827. The van der Waals surface area contributed by atoms with E-state index in [4.69, 9.17) is 57.4 Å². The number of nitrogen functional groups attached to an aromatic ring is 1. The third-order valence-corrected chi connectivity index (χ3v) is 14.4. The minimum atomic E-state index is -0.446. The van der Waals surface area contributed by atoms with Crippen molar-refractivity contribution in [2.24, 2.45) is 0 Å². The zero-order valence-corrected chi connectivity index (χ0v) is 44.8. The third-order valence-electron chi connectivity index (χ3n) is 13.6. The number of nitrogens with one attached hydrogen (secondary N) is 2. The van der Waals surface area contributed by atoms with Gasteiger partial charge in [-0.1, -0.05) is 59.6 Å². The number of anilines is 3. The molecule has 408 valence electrons. The van der Waals surface area contributed by atoms with Crippen LogP contribution < -0.4 is 44.8 Å². The number of piperazine rings is 2. The van der Waals surface area contributed by atoms with Crippen molar-refractivity contribution in [2.75, 3.05) is 82.3 Å². The fourth-order valence-corrected chi connectivity index (χ4v) is 9.55. The number of pyridine rings is 2. The standard InChI is InChI=1S/C33H31Cl2N5O5.C26H28N4O4/c34-27-9-5-24(18-28(27)35)37-33(42)38-25-6-11-31(36-19-25)45-26-7-1-22(2-8-26)4-12-32(41)40-15-13-39(14-16-40)20-23-3-10-29-30(17-23)44-21-43-29;27-21-5-9-25(28-16-21)34-22-6-1-19(2-7-22)4-10-26(31)30-13-11-29(12-14-30)17-20-3-8-23-24(15-20)33-18-32-23/h1-3,5-11,17-19H,4,12-16,20-21H2,(H2,37,38,42);1-3,5-9,15-16H,4,10-14,17-18,27H2. The molecule has 7 aromatic rings. The Kier molecular flexibility index (Phi) is 17.7. The van der Waals surface area contributed by atoms with Crippen LogP contribution in [0.4, 0.5) is 21.9 Å². The number of nitrogens with zero attached hydrogens (tertiary/aromatic N) is 6. The number of aryl methyl sites for hydroxylation is 2. The minimum Gasteiger partial charge on any atom is -0.454 e. The van der Waals surface area contributed by atoms with Crippen molar-refractivity contribution >= 4 is 58.1 Å². The molecule has 2 saturated heterocycles. The first kappa shape index (κ1) is 54.1. The molecular formula is C59H59Cl2N9O9. The molecule has 2 fully saturated rings. The van der Waals surface area contributed by atoms with Gasteiger partial charge in [0.15, 0.2) is 23.0 Å². The molecule has 18 nitrogen and oxygen atoms in total. The smallest absolute Gasteiger partial charge is 0.323 e. The predicted molar refractivity (Wildman–Crippen MR) is 301 cm³/mol. The predicted octanol–water partition coefficient (Wildman–Crippen LogP) is 10.3. The number of amides is 4. The van der Waals surface area contributed by atoms with Gasteiger partial charge in [-0.2, -0.15) is 0 Å². The second-order valence-electron chi connectivity index (χ2n) is 19.2. The molecule has 0 atom stereocenters. The number of ether oxygens (including phenoxy) is 6. The van der Waals surface area contributed by atoms with E-state index in [1.54, 1.807) is 48.7 Å². The van der Waals surface area contributed by atoms with Crippen LogP contribution in [0.15, 0.2) is 140 Å². The maximum atomic E-state index is 12.9. The second kappa shape index (κ2) is 25.9. The van der Waals surface area contributed by atoms with Crippen LogP contribution in [0, 0.1) is 0 Å². The zero-order valence-electron chi connectivity index (χ0n) is 43.3. The number of carbonyl (C=O) groups excluding carboxylic acids is 3. The summed E-state index contributed by atoms with van der Waals surface area (Å²) < 4.78 is 33.3. The lowest BCUT2D eigenvalue weighted by atomic mass is 10.1. The van der Waals surface area contributed by atoms with Crippen molar-refractivity contribution in [3.63, 3.8) is 0 Å². The third kappa shape index (κ3) is 15.3. The van der Waals surface area contributed by atoms with E-state index in [-0.39, 0.29) is 18.6 Å². The number of aromatic nitrogens is 2. The van der Waals surface area contributed by atoms with Crippen molar-refractivity contribution < 1.29 is 42.8 Å². The average molecular weight is 1110 g/mol. The molecule has 0 unspecified atom stereocenters. The van der Waals surface area contributed by atoms with Gasteiger partial charge in [-0.15, -0.1) is 0 Å². The highest BCUT2D eigenvalue weighted by atomic mass is 35.5. The van der Waals surface area contributed by atoms with Gasteiger partial charge in [0.25, 0.3) is 0 Å². The molecular weight excluding hydrogens is 1050 g/mol. The van der Waals surface area contributed by atoms with Crippen LogP contribution in [-0.2, 0) is 35.5 Å². The summed E-state index contributed by atoms with van der Waals surface area (Å²) >= 11 is 11.9. The number of rotatable bonds is 16. The Morgan fingerprint density at radius 1 is 0.494 bits per heavy atom. The lowest BCUT2D eigenvalue weighted by Crippen LogP contribution is -2.48. The van der Waals surface area contributed by atoms with Crippen LogP contribution in [-0.4, -0.2) is 113 Å². The lowest BCUT2D eigenvalue weighted by molar-refractivity contribution is -0.133. The van der Waals surface area contributed by atoms with Crippen molar-refractivity contribution in [1.82, 2.24) is 29.6 Å². The summed E-state index contributed by atoms with van der Waals surface area (Å²) in [6.45, 7) is 8.59. The number of nitrogens with two attached hydrogens (primary N) is 1. The Bertz CT molecular complexity index is 3210. The van der Waals surface area contributed by atoms with E-state index < -0.39 is 6.03 Å². The van der Waals surface area contributed by atoms with Crippen molar-refractivity contribution in [1.29, 1.82) is 0 Å². The number of halogens is 2. The van der Waals surface area contributed by atoms with Gasteiger partial charge >= 0.3 is 6.03 Å². The highest BCUT2D eigenvalue weighted by molar-refractivity contribution is 6.42. The van der Waals surface area contributed by atoms with Crippen molar-refractivity contribution in [3.8, 4) is 46.3 Å². The monoisotopic (exact) mass is 1110 g/mol. The van der Waals surface area contributed by atoms with Crippen molar-refractivity contribution in [2.45, 2.75) is 38.8 Å². The van der Waals surface area contributed by atoms with Gasteiger partial charge < -0.3 is 54.6 Å². The molecule has 79 heavy (non-hydrogen) atoms. The maximum absolute atomic E-state index is 12.9. The zero-order chi connectivity index (χ0) is 54.5. The number of fused-ring (bicyclic) bond motifs is 2. The van der Waals surface area contributed by atoms with E-state index in [9.17, 15) is 14.4 Å². The largest absolute Gasteiger partial charge is 0.454 e. The Morgan fingerprint density at radius 3 is 1.42 bits per heavy atom. The molecule has 5 aromatic carbocycles. The Labute approximate surface area is 467 Å². The molecule has 6 heterocycles. The van der Waals surface area contributed by atoms with Crippen LogP contribution in [0.2, 0.25) is 10.0 Å². The van der Waals surface area contributed by atoms with Crippen LogP contribution in [0.25, 0.3) is 0 Å². The van der Waals surface area contributed by atoms with E-state index in [0.717, 1.165) is 99.6 Å². The molecule has 0 radical (unpaired) electrons. The molecule has 4 aliphatic rings. The van der Waals surface area contributed by atoms with E-state index in [1.165, 1.54) is 17.3 Å². The molecule has 0 spiro atoms. The fourth-order valence-electron chi connectivity index (χ4n) is 9.25. The first-order valence-corrected chi connectivity index (χ1v) is 26.8. The summed E-state index contributed by atoms with van der Waals surface area (Å²) in [4.78, 5) is 55.0. The topological polar surface area (TPSA) is 195 Å². The Balaban J connectivity index is 0.000000185. The number of benzene rings is 5. The van der Waals surface area contributed by atoms with E-state index in [2.05, 4.69) is 42.5 Å². The first-order valence-electron chi connectivity index (χ1n) is 26.0. The molecule has 11 rings (SSSR count). The molecule has 20 heteroatoms. The van der Waals surface area contributed by atoms with Gasteiger partial charge in [0.2, 0.25) is 37.2 Å². The van der Waals surface area contributed by atoms with Crippen LogP contribution in [0.1, 0.15) is 35.1 Å². The summed E-state index contributed by atoms with van der Waals surface area (Å²) in [5.74, 6) is 5.77. The van der Waals surface area contributed by atoms with E-state index in [1.807, 2.05) is 82.6 Å². The van der Waals surface area contributed by atoms with Crippen LogP contribution in [0.5, 0.6) is 46.3 Å². The first-order chi connectivity index (χ1) is 38.5. The number of carbonyl (C=O) groups is 3. The lowest BCUT2D eigenvalue weighted by Gasteiger charge is -2.35. The van der Waals surface area contributed by atoms with Crippen LogP contribution >= 0.6 is 23.2 Å². The number of urea groups is 1. The van der Waals surface area contributed by atoms with Crippen molar-refractivity contribution in [3.05, 3.63) is 172 Å². The van der Waals surface area contributed by atoms with Gasteiger partial charge in [-0.25, -0.2) is 14.8 Å². The number of hydrogen-bond acceptors (Lipinski definition) is 14. The van der Waals surface area contributed by atoms with E-state index >= 15 is 0 Å². The summed E-state index contributed by atoms with van der Waals surface area (Å²) in [5, 5.41) is 6.14. The molecule has 4 amide bonds. The van der Waals surface area contributed by atoms with Gasteiger partial charge in [-0.3, -0.25) is 19.4 Å². The fraction of sp³-hybridized carbons (Fsp3) is 0.271. The molecule has 4 N–H and O–H groups in total. The minimum absolute atomic E-state index is 0.168. The highest BCUT2D eigenvalue weighted by Gasteiger charge is 2.24. The van der Waals surface area contributed by atoms with Gasteiger partial charge in [0.05, 0.1) is 33.8 Å². The van der Waals surface area contributed by atoms with Gasteiger partial charge in [0.1, 0.15) is 11.5 Å². The second-order valence-corrected chi connectivity index (χ2v) is 20.0. The van der Waals surface area contributed by atoms with Gasteiger partial charge in [0, 0.05) is 96.1 Å². The Hall–Kier alpha value is -8.29. The van der Waals surface area contributed by atoms with Crippen LogP contribution in [0.3, 0.4) is 0 Å². The van der Waals surface area contributed by atoms with Gasteiger partial charge in [-0.05, 0) is 114 Å². The molecule has 4 aliphatic heterocycles. The highest BCUT2D eigenvalue weighted by Crippen LogP contribution is 2.34. The SMILES string of the molecule is Nc1ccc(Oc2ccc(CCC(=O)N3CCN(Cc4ccc5c(c4)OCO5)CC3)cc2)nc1.O=C(Nc1ccc(Oc2ccc(CCC(=O)N3CCN(Cc4ccc5c(c4)OCO5)CC3)cc2)nc1)Nc1ccc(Cl)c(Cl)c1. The number of hydrogen-bond donors (Lipinski definition) is 3. The molecule has 0 aliphatic carbocycles. The summed E-state index contributed by atoms with van der Waals surface area (Å²) in [7, 11) is 0. The summed E-state index contributed by atoms with van der Waals surface area (Å²) in [6, 6.07) is 38.7. The van der Waals surface area contributed by atoms with E-state index in [0.29, 0.717) is 82.8 Å². The molecule has 2 aromatic heterocycles. The molecule has 0 saturated carbocycles. The summed E-state index contributed by atoms with van der Waals surface area (Å²) in [6.07, 6.45) is 5.38. The average Bonchev–Trinajstić information content (AvgIpc) is 4.18. The summed E-state index contributed by atoms with van der Waals surface area (Å²) in [5.41, 5.74) is 11.8. The maximum Gasteiger partial charge on any atom is 0.323 e.